The Kier molecular flexibility index (Phi) is 11.1. The minimum atomic E-state index is -1.49. The summed E-state index contributed by atoms with van der Waals surface area (Å²) in [6.45, 7) is 2.11. The van der Waals surface area contributed by atoms with Gasteiger partial charge in [0.2, 0.25) is 0 Å². The average molecular weight is 470 g/mol. The minimum absolute atomic E-state index is 0. The van der Waals surface area contributed by atoms with Crippen LogP contribution in [-0.4, -0.2) is 35.8 Å². The molecule has 0 N–H and O–H groups in total. The van der Waals surface area contributed by atoms with Crippen molar-refractivity contribution in [3.8, 4) is 0 Å². The second-order valence-electron chi connectivity index (χ2n) is 5.43. The molecule has 0 aliphatic carbocycles. The predicted molar refractivity (Wildman–Crippen MR) is 93.7 cm³/mol. The fourth-order valence-electron chi connectivity index (χ4n) is 2.05. The quantitative estimate of drug-likeness (QED) is 0.323. The number of ether oxygens (including phenoxy) is 2. The second-order valence-corrected chi connectivity index (χ2v) is 5.43. The summed E-state index contributed by atoms with van der Waals surface area (Å²) in [5, 5.41) is 21.2. The first-order valence-corrected chi connectivity index (χ1v) is 8.10. The average Bonchev–Trinajstić information content (AvgIpc) is 2.67. The molecular formula is C20H14FeO10. The number of carbonyl (C=O) groups excluding carboxylic acids is 6. The number of aromatic carboxylic acids is 2. The van der Waals surface area contributed by atoms with Crippen LogP contribution >= 0.6 is 0 Å². The van der Waals surface area contributed by atoms with Crippen LogP contribution in [0.3, 0.4) is 0 Å². The summed E-state index contributed by atoms with van der Waals surface area (Å²) in [5.41, 5.74) is -1.01. The van der Waals surface area contributed by atoms with Crippen LogP contribution in [0, 0.1) is 0 Å². The number of rotatable bonds is 4. The Bertz CT molecular complexity index is 931. The minimum Gasteiger partial charge on any atom is -0.545 e. The van der Waals surface area contributed by atoms with E-state index < -0.39 is 35.8 Å². The van der Waals surface area contributed by atoms with Crippen molar-refractivity contribution in [3.05, 3.63) is 70.8 Å². The molecular weight excluding hydrogens is 456 g/mol. The van der Waals surface area contributed by atoms with E-state index in [4.69, 9.17) is 0 Å². The Balaban J connectivity index is 0.000000562. The van der Waals surface area contributed by atoms with E-state index in [0.717, 1.165) is 13.8 Å². The molecule has 0 saturated heterocycles. The number of carbonyl (C=O) groups is 6. The monoisotopic (exact) mass is 470 g/mol. The summed E-state index contributed by atoms with van der Waals surface area (Å²) in [6.07, 6.45) is 0. The molecule has 0 saturated carbocycles. The Morgan fingerprint density at radius 1 is 0.581 bits per heavy atom. The van der Waals surface area contributed by atoms with Crippen molar-refractivity contribution in [1.29, 1.82) is 0 Å². The molecule has 2 aromatic rings. The Labute approximate surface area is 186 Å². The van der Waals surface area contributed by atoms with Gasteiger partial charge in [0.05, 0.1) is 23.1 Å². The van der Waals surface area contributed by atoms with Crippen LogP contribution in [-0.2, 0) is 36.1 Å². The van der Waals surface area contributed by atoms with Gasteiger partial charge in [-0.15, -0.1) is 0 Å². The molecule has 2 rings (SSSR count). The van der Waals surface area contributed by atoms with Gasteiger partial charge in [0.25, 0.3) is 0 Å². The van der Waals surface area contributed by atoms with Gasteiger partial charge in [-0.2, -0.15) is 0 Å². The number of esters is 4. The fraction of sp³-hybridized carbons (Fsp3) is 0.100. The van der Waals surface area contributed by atoms with Gasteiger partial charge in [0, 0.05) is 25.0 Å². The maximum atomic E-state index is 11.2. The van der Waals surface area contributed by atoms with Crippen LogP contribution in [0.2, 0.25) is 0 Å². The molecule has 10 nitrogen and oxygen atoms in total. The Morgan fingerprint density at radius 3 is 1.06 bits per heavy atom. The maximum absolute atomic E-state index is 11.2. The van der Waals surface area contributed by atoms with Gasteiger partial charge >= 0.3 is 40.9 Å². The smallest absolute Gasteiger partial charge is 0.545 e. The van der Waals surface area contributed by atoms with Gasteiger partial charge in [-0.1, -0.05) is 36.4 Å². The molecule has 0 unspecified atom stereocenters. The van der Waals surface area contributed by atoms with Crippen LogP contribution in [0.15, 0.2) is 48.5 Å². The number of benzene rings is 2. The van der Waals surface area contributed by atoms with Gasteiger partial charge in [-0.3, -0.25) is 9.59 Å². The van der Waals surface area contributed by atoms with Crippen LogP contribution < -0.4 is 10.2 Å². The molecule has 0 aromatic heterocycles. The first-order chi connectivity index (χ1) is 14.0. The topological polar surface area (TPSA) is 167 Å². The summed E-state index contributed by atoms with van der Waals surface area (Å²) < 4.78 is 8.52. The molecule has 0 spiro atoms. The van der Waals surface area contributed by atoms with E-state index in [1.54, 1.807) is 0 Å². The van der Waals surface area contributed by atoms with Crippen molar-refractivity contribution >= 4 is 35.8 Å². The van der Waals surface area contributed by atoms with Crippen molar-refractivity contribution in [1.82, 2.24) is 0 Å². The van der Waals surface area contributed by atoms with E-state index in [2.05, 4.69) is 9.47 Å². The van der Waals surface area contributed by atoms with E-state index in [1.807, 2.05) is 0 Å². The molecule has 0 atom stereocenters. The Morgan fingerprint density at radius 2 is 0.839 bits per heavy atom. The third-order valence-electron chi connectivity index (χ3n) is 3.21. The third-order valence-corrected chi connectivity index (χ3v) is 3.21. The molecule has 0 heterocycles. The predicted octanol–water partition coefficient (Wildman–Crippen LogP) is -0.496. The maximum Gasteiger partial charge on any atom is 2.00 e. The molecule has 0 amide bonds. The van der Waals surface area contributed by atoms with E-state index >= 15 is 0 Å². The number of carboxylic acid groups (broad SMARTS) is 2. The first-order valence-electron chi connectivity index (χ1n) is 8.10. The number of carboxylic acids is 2. The summed E-state index contributed by atoms with van der Waals surface area (Å²) in [5.74, 6) is -6.58. The summed E-state index contributed by atoms with van der Waals surface area (Å²) in [4.78, 5) is 64.7. The SMILES string of the molecule is CC(=O)OC(=O)c1ccccc1C(=O)[O-].CC(=O)OC(=O)c1ccccc1C(=O)[O-].[Fe+2]. The molecule has 31 heavy (non-hydrogen) atoms. The molecule has 0 aliphatic rings. The van der Waals surface area contributed by atoms with Crippen LogP contribution in [0.25, 0.3) is 0 Å². The molecule has 0 radical (unpaired) electrons. The molecule has 0 bridgehead atoms. The van der Waals surface area contributed by atoms with Crippen LogP contribution in [0.1, 0.15) is 55.3 Å². The zero-order chi connectivity index (χ0) is 22.8. The summed E-state index contributed by atoms with van der Waals surface area (Å²) >= 11 is 0. The molecule has 0 fully saturated rings. The fourth-order valence-corrected chi connectivity index (χ4v) is 2.05. The van der Waals surface area contributed by atoms with Gasteiger partial charge in [-0.05, 0) is 12.1 Å². The van der Waals surface area contributed by atoms with Crippen LogP contribution in [0.4, 0.5) is 0 Å². The van der Waals surface area contributed by atoms with E-state index in [-0.39, 0.29) is 39.3 Å². The number of hydrogen-bond donors (Lipinski definition) is 0. The Hall–Kier alpha value is -3.82. The third kappa shape index (κ3) is 8.60. The molecule has 0 aliphatic heterocycles. The molecule has 162 valence electrons. The second kappa shape index (κ2) is 12.7. The molecule has 11 heteroatoms. The van der Waals surface area contributed by atoms with Gasteiger partial charge in [-0.25, -0.2) is 9.59 Å². The standard InChI is InChI=1S/2C10H8O5.Fe/c2*1-6(11)15-10(14)8-5-3-2-4-7(8)9(12)13;/h2*2-5H,1H3,(H,12,13);/q;;+2/p-2. The van der Waals surface area contributed by atoms with E-state index in [0.29, 0.717) is 0 Å². The van der Waals surface area contributed by atoms with Crippen molar-refractivity contribution in [2.75, 3.05) is 0 Å². The van der Waals surface area contributed by atoms with E-state index in [9.17, 15) is 39.0 Å². The van der Waals surface area contributed by atoms with Crippen molar-refractivity contribution in [2.24, 2.45) is 0 Å². The number of hydrogen-bond acceptors (Lipinski definition) is 10. The summed E-state index contributed by atoms with van der Waals surface area (Å²) in [7, 11) is 0. The van der Waals surface area contributed by atoms with Gasteiger partial charge in [0.1, 0.15) is 0 Å². The summed E-state index contributed by atoms with van der Waals surface area (Å²) in [6, 6.07) is 10.7. The normalized spacial score (nSPS) is 9.10. The van der Waals surface area contributed by atoms with Crippen molar-refractivity contribution in [3.63, 3.8) is 0 Å². The van der Waals surface area contributed by atoms with Gasteiger partial charge in [0.15, 0.2) is 0 Å². The molecule has 2 aromatic carbocycles. The van der Waals surface area contributed by atoms with E-state index in [1.165, 1.54) is 48.5 Å². The van der Waals surface area contributed by atoms with Crippen molar-refractivity contribution < 1.29 is 65.5 Å². The first kappa shape index (κ1) is 27.2. The van der Waals surface area contributed by atoms with Crippen molar-refractivity contribution in [2.45, 2.75) is 13.8 Å². The zero-order valence-electron chi connectivity index (χ0n) is 16.1. The van der Waals surface area contributed by atoms with Gasteiger partial charge < -0.3 is 29.3 Å². The largest absolute Gasteiger partial charge is 2.00 e. The van der Waals surface area contributed by atoms with Crippen LogP contribution in [0.5, 0.6) is 0 Å². The zero-order valence-corrected chi connectivity index (χ0v) is 17.2.